The molecular weight excluding hydrogens is 220 g/mol. The number of aliphatic hydroxyl groups excluding tert-OH is 1. The summed E-state index contributed by atoms with van der Waals surface area (Å²) in [5, 5.41) is 10.9. The number of ether oxygens (including phenoxy) is 1. The molecule has 0 atom stereocenters. The maximum absolute atomic E-state index is 11.8. The Hall–Kier alpha value is -1.69. The highest BCUT2D eigenvalue weighted by molar-refractivity contribution is 5.94. The number of alkyl halides is 2. The van der Waals surface area contributed by atoms with Crippen LogP contribution in [0.3, 0.4) is 0 Å². The van der Waals surface area contributed by atoms with Crippen molar-refractivity contribution in [3.8, 4) is 5.75 Å². The molecule has 0 fully saturated rings. The number of halogens is 2. The number of hydrogen-bond acceptors (Lipinski definition) is 3. The maximum Gasteiger partial charge on any atom is 0.387 e. The van der Waals surface area contributed by atoms with Gasteiger partial charge in [0.15, 0.2) is 0 Å². The summed E-state index contributed by atoms with van der Waals surface area (Å²) in [5.74, 6) is -0.383. The predicted octanol–water partition coefficient (Wildman–Crippen LogP) is 1.01. The van der Waals surface area contributed by atoms with Crippen LogP contribution in [0.15, 0.2) is 24.3 Å². The monoisotopic (exact) mass is 231 g/mol. The largest absolute Gasteiger partial charge is 0.435 e. The Bertz CT molecular complexity index is 340. The minimum atomic E-state index is -2.88. The second kappa shape index (κ2) is 6.02. The molecular formula is C10H11F2NO3. The number of aliphatic hydroxyl groups is 1. The van der Waals surface area contributed by atoms with E-state index in [1.165, 1.54) is 24.3 Å². The molecule has 0 radical (unpaired) electrons. The Kier molecular flexibility index (Phi) is 4.65. The molecule has 88 valence electrons. The zero-order valence-corrected chi connectivity index (χ0v) is 8.32. The van der Waals surface area contributed by atoms with E-state index in [-0.39, 0.29) is 24.8 Å². The van der Waals surface area contributed by atoms with E-state index in [1.54, 1.807) is 0 Å². The molecule has 0 aliphatic heterocycles. The number of amides is 1. The van der Waals surface area contributed by atoms with Gasteiger partial charge in [-0.1, -0.05) is 0 Å². The van der Waals surface area contributed by atoms with E-state index in [1.807, 2.05) is 0 Å². The Morgan fingerprint density at radius 2 is 2.00 bits per heavy atom. The molecule has 1 amide bonds. The molecule has 0 aromatic heterocycles. The standard InChI is InChI=1S/C10H11F2NO3/c11-10(12)16-8-3-1-7(2-4-8)9(15)13-5-6-14/h1-4,10,14H,5-6H2,(H,13,15). The lowest BCUT2D eigenvalue weighted by molar-refractivity contribution is -0.0498. The molecule has 1 aromatic carbocycles. The summed E-state index contributed by atoms with van der Waals surface area (Å²) in [6.07, 6.45) is 0. The number of benzene rings is 1. The zero-order chi connectivity index (χ0) is 12.0. The lowest BCUT2D eigenvalue weighted by Crippen LogP contribution is -2.26. The van der Waals surface area contributed by atoms with Gasteiger partial charge >= 0.3 is 6.61 Å². The highest BCUT2D eigenvalue weighted by Crippen LogP contribution is 2.14. The third-order valence-corrected chi connectivity index (χ3v) is 1.74. The average Bonchev–Trinajstić information content (AvgIpc) is 2.26. The van der Waals surface area contributed by atoms with Gasteiger partial charge in [0.05, 0.1) is 6.61 Å². The van der Waals surface area contributed by atoms with E-state index in [2.05, 4.69) is 10.1 Å². The molecule has 16 heavy (non-hydrogen) atoms. The van der Waals surface area contributed by atoms with Crippen LogP contribution in [0.2, 0.25) is 0 Å². The molecule has 2 N–H and O–H groups in total. The van der Waals surface area contributed by atoms with E-state index < -0.39 is 6.61 Å². The van der Waals surface area contributed by atoms with Crippen LogP contribution < -0.4 is 10.1 Å². The molecule has 0 unspecified atom stereocenters. The second-order valence-electron chi connectivity index (χ2n) is 2.88. The van der Waals surface area contributed by atoms with Crippen LogP contribution in [0, 0.1) is 0 Å². The third kappa shape index (κ3) is 3.82. The number of hydrogen-bond donors (Lipinski definition) is 2. The molecule has 0 saturated carbocycles. The normalized spacial score (nSPS) is 10.2. The number of carbonyl (C=O) groups is 1. The molecule has 0 aliphatic carbocycles. The molecule has 0 saturated heterocycles. The van der Waals surface area contributed by atoms with Crippen LogP contribution in [0.5, 0.6) is 5.75 Å². The van der Waals surface area contributed by atoms with Gasteiger partial charge in [-0.05, 0) is 24.3 Å². The van der Waals surface area contributed by atoms with Gasteiger partial charge in [0.1, 0.15) is 5.75 Å². The van der Waals surface area contributed by atoms with Crippen molar-refractivity contribution in [2.45, 2.75) is 6.61 Å². The molecule has 0 bridgehead atoms. The van der Waals surface area contributed by atoms with Crippen molar-refractivity contribution in [3.63, 3.8) is 0 Å². The number of nitrogens with one attached hydrogen (secondary N) is 1. The first-order valence-electron chi connectivity index (χ1n) is 4.57. The molecule has 4 nitrogen and oxygen atoms in total. The first-order chi connectivity index (χ1) is 7.63. The van der Waals surface area contributed by atoms with Crippen molar-refractivity contribution in [3.05, 3.63) is 29.8 Å². The summed E-state index contributed by atoms with van der Waals surface area (Å²) in [4.78, 5) is 11.3. The van der Waals surface area contributed by atoms with E-state index >= 15 is 0 Å². The SMILES string of the molecule is O=C(NCCO)c1ccc(OC(F)F)cc1. The average molecular weight is 231 g/mol. The Labute approximate surface area is 90.8 Å². The topological polar surface area (TPSA) is 58.6 Å². The van der Waals surface area contributed by atoms with Gasteiger partial charge in [0.25, 0.3) is 5.91 Å². The van der Waals surface area contributed by atoms with Crippen molar-refractivity contribution in [2.75, 3.05) is 13.2 Å². The van der Waals surface area contributed by atoms with Gasteiger partial charge in [-0.3, -0.25) is 4.79 Å². The minimum Gasteiger partial charge on any atom is -0.435 e. The first kappa shape index (κ1) is 12.4. The zero-order valence-electron chi connectivity index (χ0n) is 8.32. The van der Waals surface area contributed by atoms with Crippen LogP contribution >= 0.6 is 0 Å². The summed E-state index contributed by atoms with van der Waals surface area (Å²) in [6, 6.07) is 5.29. The summed E-state index contributed by atoms with van der Waals surface area (Å²) in [7, 11) is 0. The molecule has 0 spiro atoms. The Balaban J connectivity index is 2.60. The first-order valence-corrected chi connectivity index (χ1v) is 4.57. The van der Waals surface area contributed by atoms with E-state index in [0.29, 0.717) is 5.56 Å². The van der Waals surface area contributed by atoms with Gasteiger partial charge in [0, 0.05) is 12.1 Å². The van der Waals surface area contributed by atoms with Crippen LogP contribution in [0.1, 0.15) is 10.4 Å². The van der Waals surface area contributed by atoms with Crippen LogP contribution in [0.4, 0.5) is 8.78 Å². The van der Waals surface area contributed by atoms with Gasteiger partial charge in [-0.2, -0.15) is 8.78 Å². The fourth-order valence-electron chi connectivity index (χ4n) is 1.06. The molecule has 1 aromatic rings. The highest BCUT2D eigenvalue weighted by Gasteiger charge is 2.07. The summed E-state index contributed by atoms with van der Waals surface area (Å²) >= 11 is 0. The minimum absolute atomic E-state index is 0.00583. The predicted molar refractivity (Wildman–Crippen MR) is 52.5 cm³/mol. The summed E-state index contributed by atoms with van der Waals surface area (Å²) in [6.45, 7) is -2.89. The molecule has 0 heterocycles. The van der Waals surface area contributed by atoms with Gasteiger partial charge in [-0.25, -0.2) is 0 Å². The lowest BCUT2D eigenvalue weighted by atomic mass is 10.2. The molecule has 1 rings (SSSR count). The van der Waals surface area contributed by atoms with Gasteiger partial charge in [-0.15, -0.1) is 0 Å². The lowest BCUT2D eigenvalue weighted by Gasteiger charge is -2.06. The summed E-state index contributed by atoms with van der Waals surface area (Å²) < 4.78 is 27.8. The molecule has 0 aliphatic rings. The van der Waals surface area contributed by atoms with Crippen LogP contribution in [-0.4, -0.2) is 30.8 Å². The van der Waals surface area contributed by atoms with Crippen molar-refractivity contribution in [2.24, 2.45) is 0 Å². The van der Waals surface area contributed by atoms with Gasteiger partial charge < -0.3 is 15.2 Å². The summed E-state index contributed by atoms with van der Waals surface area (Å²) in [5.41, 5.74) is 0.315. The Morgan fingerprint density at radius 3 is 2.50 bits per heavy atom. The van der Waals surface area contributed by atoms with Crippen molar-refractivity contribution in [1.29, 1.82) is 0 Å². The van der Waals surface area contributed by atoms with E-state index in [4.69, 9.17) is 5.11 Å². The van der Waals surface area contributed by atoms with Crippen molar-refractivity contribution < 1.29 is 23.4 Å². The number of carbonyl (C=O) groups excluding carboxylic acids is 1. The fourth-order valence-corrected chi connectivity index (χ4v) is 1.06. The van der Waals surface area contributed by atoms with E-state index in [9.17, 15) is 13.6 Å². The van der Waals surface area contributed by atoms with Crippen molar-refractivity contribution >= 4 is 5.91 Å². The van der Waals surface area contributed by atoms with Gasteiger partial charge in [0.2, 0.25) is 0 Å². The smallest absolute Gasteiger partial charge is 0.387 e. The number of rotatable bonds is 5. The fraction of sp³-hybridized carbons (Fsp3) is 0.300. The van der Waals surface area contributed by atoms with E-state index in [0.717, 1.165) is 0 Å². The quantitative estimate of drug-likeness (QED) is 0.795. The second-order valence-corrected chi connectivity index (χ2v) is 2.88. The third-order valence-electron chi connectivity index (χ3n) is 1.74. The van der Waals surface area contributed by atoms with Crippen LogP contribution in [0.25, 0.3) is 0 Å². The maximum atomic E-state index is 11.8. The molecule has 6 heteroatoms. The Morgan fingerprint density at radius 1 is 1.38 bits per heavy atom. The van der Waals surface area contributed by atoms with Crippen molar-refractivity contribution in [1.82, 2.24) is 5.32 Å². The highest BCUT2D eigenvalue weighted by atomic mass is 19.3. The van der Waals surface area contributed by atoms with Crippen LogP contribution in [-0.2, 0) is 0 Å².